The van der Waals surface area contributed by atoms with Crippen molar-refractivity contribution in [3.8, 4) is 6.07 Å². The van der Waals surface area contributed by atoms with Gasteiger partial charge in [-0.05, 0) is 42.5 Å². The van der Waals surface area contributed by atoms with Crippen LogP contribution in [0.15, 0.2) is 54.7 Å². The largest absolute Gasteiger partial charge is 0.465 e. The second kappa shape index (κ2) is 8.17. The zero-order valence-corrected chi connectivity index (χ0v) is 15.0. The Balaban J connectivity index is 1.82. The molecule has 0 amide bonds. The quantitative estimate of drug-likeness (QED) is 0.638. The monoisotopic (exact) mass is 379 g/mol. The third-order valence-electron chi connectivity index (χ3n) is 3.55. The van der Waals surface area contributed by atoms with Crippen molar-refractivity contribution in [3.05, 3.63) is 70.9 Å². The maximum Gasteiger partial charge on any atom is 0.337 e. The summed E-state index contributed by atoms with van der Waals surface area (Å²) < 4.78 is 4.71. The standard InChI is InChI=1S/C19H14ClN5O2/c1-27-18(26)13-5-6-15(20)16(10-13)24-19-22-8-7-17(25-19)23-14-4-2-3-12(9-14)11-21/h2-10H,1H3,(H2,22,23,24,25). The summed E-state index contributed by atoms with van der Waals surface area (Å²) in [4.78, 5) is 20.2. The second-order valence-electron chi connectivity index (χ2n) is 5.39. The molecule has 0 aliphatic carbocycles. The number of anilines is 4. The van der Waals surface area contributed by atoms with Crippen molar-refractivity contribution >= 4 is 40.7 Å². The van der Waals surface area contributed by atoms with E-state index < -0.39 is 5.97 Å². The highest BCUT2D eigenvalue weighted by atomic mass is 35.5. The molecule has 0 spiro atoms. The lowest BCUT2D eigenvalue weighted by molar-refractivity contribution is 0.0601. The van der Waals surface area contributed by atoms with Crippen LogP contribution in [0.3, 0.4) is 0 Å². The lowest BCUT2D eigenvalue weighted by atomic mass is 10.2. The average Bonchev–Trinajstić information content (AvgIpc) is 2.69. The van der Waals surface area contributed by atoms with Crippen molar-refractivity contribution in [2.24, 2.45) is 0 Å². The number of nitrogens with one attached hydrogen (secondary N) is 2. The fourth-order valence-electron chi connectivity index (χ4n) is 2.29. The number of hydrogen-bond acceptors (Lipinski definition) is 7. The number of esters is 1. The lowest BCUT2D eigenvalue weighted by Crippen LogP contribution is -2.04. The Hall–Kier alpha value is -3.63. The molecule has 1 heterocycles. The number of methoxy groups -OCH3 is 1. The topological polar surface area (TPSA) is 99.9 Å². The van der Waals surface area contributed by atoms with Crippen molar-refractivity contribution < 1.29 is 9.53 Å². The van der Waals surface area contributed by atoms with Gasteiger partial charge in [-0.15, -0.1) is 0 Å². The minimum atomic E-state index is -0.469. The average molecular weight is 380 g/mol. The molecule has 0 saturated heterocycles. The van der Waals surface area contributed by atoms with Gasteiger partial charge in [-0.2, -0.15) is 10.2 Å². The molecule has 7 nitrogen and oxygen atoms in total. The molecule has 134 valence electrons. The Morgan fingerprint density at radius 1 is 1.19 bits per heavy atom. The van der Waals surface area contributed by atoms with E-state index in [2.05, 4.69) is 26.7 Å². The highest BCUT2D eigenvalue weighted by Gasteiger charge is 2.10. The first-order valence-corrected chi connectivity index (χ1v) is 8.22. The fourth-order valence-corrected chi connectivity index (χ4v) is 2.45. The Morgan fingerprint density at radius 2 is 2.04 bits per heavy atom. The molecule has 3 rings (SSSR count). The Kier molecular flexibility index (Phi) is 5.50. The van der Waals surface area contributed by atoms with Crippen LogP contribution < -0.4 is 10.6 Å². The smallest absolute Gasteiger partial charge is 0.337 e. The number of rotatable bonds is 5. The molecule has 0 unspecified atom stereocenters. The Bertz CT molecular complexity index is 1030. The summed E-state index contributed by atoms with van der Waals surface area (Å²) in [6.45, 7) is 0. The van der Waals surface area contributed by atoms with Gasteiger partial charge in [-0.25, -0.2) is 9.78 Å². The predicted octanol–water partition coefficient (Wildman–Crippen LogP) is 4.28. The molecule has 8 heteroatoms. The number of hydrogen-bond donors (Lipinski definition) is 2. The van der Waals surface area contributed by atoms with Crippen molar-refractivity contribution in [2.75, 3.05) is 17.7 Å². The minimum absolute atomic E-state index is 0.292. The molecule has 2 aromatic carbocycles. The number of nitrogens with zero attached hydrogens (tertiary/aromatic N) is 3. The van der Waals surface area contributed by atoms with E-state index in [1.54, 1.807) is 48.7 Å². The first-order valence-electron chi connectivity index (χ1n) is 7.84. The van der Waals surface area contributed by atoms with Crippen LogP contribution in [-0.2, 0) is 4.74 Å². The van der Waals surface area contributed by atoms with Gasteiger partial charge in [0.15, 0.2) is 0 Å². The van der Waals surface area contributed by atoms with Gasteiger partial charge < -0.3 is 15.4 Å². The molecule has 3 aromatic rings. The minimum Gasteiger partial charge on any atom is -0.465 e. The zero-order valence-electron chi connectivity index (χ0n) is 14.2. The number of ether oxygens (including phenoxy) is 1. The summed E-state index contributed by atoms with van der Waals surface area (Å²) in [5.74, 6) is 0.353. The van der Waals surface area contributed by atoms with Crippen molar-refractivity contribution in [1.29, 1.82) is 5.26 Å². The fraction of sp³-hybridized carbons (Fsp3) is 0.0526. The van der Waals surface area contributed by atoms with Crippen LogP contribution in [0.5, 0.6) is 0 Å². The Labute approximate surface area is 160 Å². The molecule has 27 heavy (non-hydrogen) atoms. The number of nitriles is 1. The molecular formula is C19H14ClN5O2. The van der Waals surface area contributed by atoms with Crippen LogP contribution >= 0.6 is 11.6 Å². The second-order valence-corrected chi connectivity index (χ2v) is 5.80. The normalized spacial score (nSPS) is 9.96. The number of benzene rings is 2. The van der Waals surface area contributed by atoms with Crippen LogP contribution in [0.1, 0.15) is 15.9 Å². The summed E-state index contributed by atoms with van der Waals surface area (Å²) in [5, 5.41) is 15.5. The molecule has 2 N–H and O–H groups in total. The van der Waals surface area contributed by atoms with E-state index >= 15 is 0 Å². The van der Waals surface area contributed by atoms with E-state index in [-0.39, 0.29) is 0 Å². The zero-order chi connectivity index (χ0) is 19.2. The van der Waals surface area contributed by atoms with E-state index in [0.29, 0.717) is 33.6 Å². The molecule has 0 atom stereocenters. The predicted molar refractivity (Wildman–Crippen MR) is 103 cm³/mol. The summed E-state index contributed by atoms with van der Waals surface area (Å²) >= 11 is 6.18. The molecule has 0 aliphatic heterocycles. The summed E-state index contributed by atoms with van der Waals surface area (Å²) in [6.07, 6.45) is 1.57. The van der Waals surface area contributed by atoms with Gasteiger partial charge in [0.2, 0.25) is 5.95 Å². The van der Waals surface area contributed by atoms with Gasteiger partial charge in [-0.1, -0.05) is 17.7 Å². The first-order chi connectivity index (χ1) is 13.1. The highest BCUT2D eigenvalue weighted by molar-refractivity contribution is 6.33. The molecule has 0 saturated carbocycles. The molecular weight excluding hydrogens is 366 g/mol. The van der Waals surface area contributed by atoms with E-state index in [1.807, 2.05) is 6.07 Å². The summed E-state index contributed by atoms with van der Waals surface area (Å²) in [5.41, 5.74) is 2.10. The van der Waals surface area contributed by atoms with Crippen molar-refractivity contribution in [2.45, 2.75) is 0 Å². The molecule has 0 bridgehead atoms. The van der Waals surface area contributed by atoms with Gasteiger partial charge in [0.05, 0.1) is 35.0 Å². The van der Waals surface area contributed by atoms with E-state index in [9.17, 15) is 4.79 Å². The van der Waals surface area contributed by atoms with Crippen LogP contribution in [0.25, 0.3) is 0 Å². The number of halogens is 1. The van der Waals surface area contributed by atoms with Crippen LogP contribution in [0.4, 0.5) is 23.1 Å². The lowest BCUT2D eigenvalue weighted by Gasteiger charge is -2.10. The first kappa shape index (κ1) is 18.2. The summed E-state index contributed by atoms with van der Waals surface area (Å²) in [6, 6.07) is 15.5. The Morgan fingerprint density at radius 3 is 2.81 bits per heavy atom. The van der Waals surface area contributed by atoms with Crippen molar-refractivity contribution in [1.82, 2.24) is 9.97 Å². The van der Waals surface area contributed by atoms with Gasteiger partial charge in [0.25, 0.3) is 0 Å². The third-order valence-corrected chi connectivity index (χ3v) is 3.88. The van der Waals surface area contributed by atoms with Crippen LogP contribution in [0, 0.1) is 11.3 Å². The van der Waals surface area contributed by atoms with E-state index in [0.717, 1.165) is 5.69 Å². The molecule has 1 aromatic heterocycles. The molecule has 0 fully saturated rings. The third kappa shape index (κ3) is 4.51. The van der Waals surface area contributed by atoms with Gasteiger partial charge in [0.1, 0.15) is 5.82 Å². The van der Waals surface area contributed by atoms with Crippen molar-refractivity contribution in [3.63, 3.8) is 0 Å². The number of carbonyl (C=O) groups is 1. The molecule has 0 radical (unpaired) electrons. The number of carbonyl (C=O) groups excluding carboxylic acids is 1. The maximum absolute atomic E-state index is 11.7. The van der Waals surface area contributed by atoms with E-state index in [4.69, 9.17) is 21.6 Å². The van der Waals surface area contributed by atoms with Gasteiger partial charge >= 0.3 is 5.97 Å². The van der Waals surface area contributed by atoms with Crippen LogP contribution in [0.2, 0.25) is 5.02 Å². The SMILES string of the molecule is COC(=O)c1ccc(Cl)c(Nc2nccc(Nc3cccc(C#N)c3)n2)c1. The van der Waals surface area contributed by atoms with Gasteiger partial charge in [-0.3, -0.25) is 0 Å². The summed E-state index contributed by atoms with van der Waals surface area (Å²) in [7, 11) is 1.31. The molecule has 0 aliphatic rings. The van der Waals surface area contributed by atoms with Gasteiger partial charge in [0, 0.05) is 11.9 Å². The van der Waals surface area contributed by atoms with E-state index in [1.165, 1.54) is 7.11 Å². The highest BCUT2D eigenvalue weighted by Crippen LogP contribution is 2.26. The maximum atomic E-state index is 11.7. The number of aromatic nitrogens is 2. The van der Waals surface area contributed by atoms with Crippen LogP contribution in [-0.4, -0.2) is 23.0 Å².